The Balaban J connectivity index is 1.54. The lowest BCUT2D eigenvalue weighted by atomic mass is 10.1. The SMILES string of the molecule is CCOC(=O)CNc1c(-c2cn(C(C)=O)c3ccccc23)nc2cc(C(=O)NC(Cc3ccccc3)C(=O)O)ccn12. The topological polar surface area (TPSA) is 144 Å². The number of aliphatic carboxylic acids is 1. The van der Waals surface area contributed by atoms with Crippen LogP contribution in [0.2, 0.25) is 0 Å². The fourth-order valence-electron chi connectivity index (χ4n) is 4.83. The molecule has 11 nitrogen and oxygen atoms in total. The molecule has 0 aliphatic heterocycles. The number of pyridine rings is 1. The maximum atomic E-state index is 13.2. The molecule has 0 saturated heterocycles. The summed E-state index contributed by atoms with van der Waals surface area (Å²) in [7, 11) is 0. The number of carboxylic acid groups (broad SMARTS) is 1. The average molecular weight is 568 g/mol. The molecule has 5 aromatic rings. The van der Waals surface area contributed by atoms with Gasteiger partial charge in [0, 0.05) is 42.3 Å². The zero-order chi connectivity index (χ0) is 29.8. The monoisotopic (exact) mass is 567 g/mol. The highest BCUT2D eigenvalue weighted by Crippen LogP contribution is 2.35. The maximum Gasteiger partial charge on any atom is 0.326 e. The van der Waals surface area contributed by atoms with Crippen LogP contribution < -0.4 is 10.6 Å². The third-order valence-corrected chi connectivity index (χ3v) is 6.79. The fraction of sp³-hybridized carbons (Fsp3) is 0.194. The average Bonchev–Trinajstić information content (AvgIpc) is 3.54. The number of nitrogens with one attached hydrogen (secondary N) is 2. The number of anilines is 1. The minimum atomic E-state index is -1.15. The number of hydrogen-bond acceptors (Lipinski definition) is 7. The first kappa shape index (κ1) is 28.1. The van der Waals surface area contributed by atoms with Crippen molar-refractivity contribution in [2.75, 3.05) is 18.5 Å². The Morgan fingerprint density at radius 1 is 1.02 bits per heavy atom. The molecule has 0 fully saturated rings. The number of carbonyl (C=O) groups excluding carboxylic acids is 3. The first-order valence-corrected chi connectivity index (χ1v) is 13.4. The third kappa shape index (κ3) is 5.71. The Hall–Kier alpha value is -5.45. The summed E-state index contributed by atoms with van der Waals surface area (Å²) in [5, 5.41) is 16.2. The van der Waals surface area contributed by atoms with Crippen LogP contribution in [0.5, 0.6) is 0 Å². The van der Waals surface area contributed by atoms with Crippen LogP contribution in [0, 0.1) is 0 Å². The Morgan fingerprint density at radius 2 is 1.76 bits per heavy atom. The normalized spacial score (nSPS) is 11.8. The molecule has 0 aliphatic rings. The number of nitrogens with zero attached hydrogens (tertiary/aromatic N) is 3. The van der Waals surface area contributed by atoms with Gasteiger partial charge in [0.05, 0.1) is 12.1 Å². The van der Waals surface area contributed by atoms with Crippen molar-refractivity contribution >= 4 is 46.1 Å². The van der Waals surface area contributed by atoms with Crippen molar-refractivity contribution in [1.29, 1.82) is 0 Å². The van der Waals surface area contributed by atoms with Gasteiger partial charge in [0.2, 0.25) is 5.91 Å². The van der Waals surface area contributed by atoms with Crippen molar-refractivity contribution in [1.82, 2.24) is 19.3 Å². The largest absolute Gasteiger partial charge is 0.480 e. The quantitative estimate of drug-likeness (QED) is 0.215. The highest BCUT2D eigenvalue weighted by atomic mass is 16.5. The molecule has 42 heavy (non-hydrogen) atoms. The van der Waals surface area contributed by atoms with Gasteiger partial charge in [-0.15, -0.1) is 0 Å². The second-order valence-electron chi connectivity index (χ2n) is 9.61. The first-order chi connectivity index (χ1) is 20.3. The highest BCUT2D eigenvalue weighted by molar-refractivity contribution is 6.03. The molecule has 1 amide bonds. The summed E-state index contributed by atoms with van der Waals surface area (Å²) in [4.78, 5) is 54.5. The van der Waals surface area contributed by atoms with Gasteiger partial charge in [-0.3, -0.25) is 23.4 Å². The van der Waals surface area contributed by atoms with Crippen molar-refractivity contribution in [2.24, 2.45) is 0 Å². The second-order valence-corrected chi connectivity index (χ2v) is 9.61. The molecule has 0 aliphatic carbocycles. The van der Waals surface area contributed by atoms with Crippen LogP contribution in [-0.2, 0) is 20.7 Å². The number of fused-ring (bicyclic) bond motifs is 2. The van der Waals surface area contributed by atoms with E-state index in [9.17, 15) is 24.3 Å². The van der Waals surface area contributed by atoms with Crippen LogP contribution in [0.1, 0.15) is 34.6 Å². The first-order valence-electron chi connectivity index (χ1n) is 13.4. The molecule has 0 radical (unpaired) electrons. The summed E-state index contributed by atoms with van der Waals surface area (Å²) in [5.74, 6) is -1.89. The molecule has 1 atom stereocenters. The maximum absolute atomic E-state index is 13.2. The van der Waals surface area contributed by atoms with Crippen molar-refractivity contribution in [3.05, 3.63) is 90.3 Å². The number of hydrogen-bond donors (Lipinski definition) is 3. The van der Waals surface area contributed by atoms with Crippen LogP contribution in [0.15, 0.2) is 79.1 Å². The lowest BCUT2D eigenvalue weighted by Gasteiger charge is -2.15. The summed E-state index contributed by atoms with van der Waals surface area (Å²) in [5.41, 5.74) is 3.17. The van der Waals surface area contributed by atoms with Crippen LogP contribution >= 0.6 is 0 Å². The van der Waals surface area contributed by atoms with E-state index in [1.54, 1.807) is 60.1 Å². The summed E-state index contributed by atoms with van der Waals surface area (Å²) < 4.78 is 8.29. The predicted molar refractivity (Wildman–Crippen MR) is 157 cm³/mol. The van der Waals surface area contributed by atoms with Crippen LogP contribution in [0.4, 0.5) is 5.82 Å². The molecular formula is C31H29N5O6. The van der Waals surface area contributed by atoms with Crippen LogP contribution in [-0.4, -0.2) is 62.0 Å². The van der Waals surface area contributed by atoms with Gasteiger partial charge in [0.1, 0.15) is 29.7 Å². The Labute approximate surface area is 240 Å². The lowest BCUT2D eigenvalue weighted by Crippen LogP contribution is -2.42. The number of amides is 1. The molecule has 214 valence electrons. The van der Waals surface area contributed by atoms with Crippen LogP contribution in [0.3, 0.4) is 0 Å². The standard InChI is InChI=1S/C31H29N5O6/c1-3-42-27(38)17-32-29-28(23-18-36(19(2)37)25-12-8-7-11-22(23)25)34-26-16-21(13-14-35(26)29)30(39)33-24(31(40)41)15-20-9-5-4-6-10-20/h4-14,16,18,24,32H,3,15,17H2,1-2H3,(H,33,39)(H,40,41). The number of carboxylic acids is 1. The predicted octanol–water partition coefficient (Wildman–Crippen LogP) is 4.02. The van der Waals surface area contributed by atoms with Gasteiger partial charge in [-0.05, 0) is 30.7 Å². The van der Waals surface area contributed by atoms with E-state index in [-0.39, 0.29) is 31.0 Å². The Kier molecular flexibility index (Phi) is 8.00. The van der Waals surface area contributed by atoms with E-state index in [1.807, 2.05) is 30.3 Å². The molecule has 3 heterocycles. The molecule has 1 unspecified atom stereocenters. The minimum absolute atomic E-state index is 0.125. The molecule has 3 aromatic heterocycles. The van der Waals surface area contributed by atoms with Crippen molar-refractivity contribution in [3.63, 3.8) is 0 Å². The summed E-state index contributed by atoms with van der Waals surface area (Å²) in [6.07, 6.45) is 3.43. The van der Waals surface area contributed by atoms with Gasteiger partial charge in [-0.1, -0.05) is 48.5 Å². The molecule has 0 saturated carbocycles. The molecule has 5 rings (SSSR count). The van der Waals surface area contributed by atoms with Crippen molar-refractivity contribution < 1.29 is 29.0 Å². The zero-order valence-corrected chi connectivity index (χ0v) is 23.0. The van der Waals surface area contributed by atoms with Crippen molar-refractivity contribution in [2.45, 2.75) is 26.3 Å². The van der Waals surface area contributed by atoms with E-state index in [2.05, 4.69) is 10.6 Å². The second kappa shape index (κ2) is 12.0. The zero-order valence-electron chi connectivity index (χ0n) is 23.0. The molecule has 0 spiro atoms. The number of para-hydroxylation sites is 1. The summed E-state index contributed by atoms with van der Waals surface area (Å²) in [6.45, 7) is 3.27. The van der Waals surface area contributed by atoms with E-state index in [0.29, 0.717) is 28.2 Å². The van der Waals surface area contributed by atoms with Gasteiger partial charge in [-0.25, -0.2) is 9.78 Å². The van der Waals surface area contributed by atoms with E-state index in [0.717, 1.165) is 10.9 Å². The highest BCUT2D eigenvalue weighted by Gasteiger charge is 2.24. The number of aromatic nitrogens is 3. The number of benzene rings is 2. The Morgan fingerprint density at radius 3 is 2.48 bits per heavy atom. The van der Waals surface area contributed by atoms with E-state index in [4.69, 9.17) is 9.72 Å². The molecule has 0 bridgehead atoms. The minimum Gasteiger partial charge on any atom is -0.480 e. The lowest BCUT2D eigenvalue weighted by molar-refractivity contribution is -0.141. The third-order valence-electron chi connectivity index (χ3n) is 6.79. The van der Waals surface area contributed by atoms with E-state index in [1.165, 1.54) is 11.5 Å². The fourth-order valence-corrected chi connectivity index (χ4v) is 4.83. The smallest absolute Gasteiger partial charge is 0.326 e. The van der Waals surface area contributed by atoms with Gasteiger partial charge < -0.3 is 20.5 Å². The van der Waals surface area contributed by atoms with Crippen molar-refractivity contribution in [3.8, 4) is 11.3 Å². The molecule has 2 aromatic carbocycles. The van der Waals surface area contributed by atoms with Gasteiger partial charge >= 0.3 is 11.9 Å². The molecule has 3 N–H and O–H groups in total. The summed E-state index contributed by atoms with van der Waals surface area (Å²) in [6, 6.07) is 18.4. The van der Waals surface area contributed by atoms with E-state index < -0.39 is 23.9 Å². The van der Waals surface area contributed by atoms with Gasteiger partial charge in [-0.2, -0.15) is 0 Å². The van der Waals surface area contributed by atoms with Gasteiger partial charge in [0.15, 0.2) is 0 Å². The summed E-state index contributed by atoms with van der Waals surface area (Å²) >= 11 is 0. The number of imidazole rings is 1. The number of rotatable bonds is 10. The van der Waals surface area contributed by atoms with Crippen LogP contribution in [0.25, 0.3) is 27.8 Å². The number of ether oxygens (including phenoxy) is 1. The van der Waals surface area contributed by atoms with Gasteiger partial charge in [0.25, 0.3) is 5.91 Å². The Bertz CT molecular complexity index is 1810. The van der Waals surface area contributed by atoms with E-state index >= 15 is 0 Å². The molecule has 11 heteroatoms. The number of carbonyl (C=O) groups is 4. The molecular weight excluding hydrogens is 538 g/mol. The number of esters is 1.